The lowest BCUT2D eigenvalue weighted by Crippen LogP contribution is -2.01. The molecule has 1 N–H and O–H groups in total. The summed E-state index contributed by atoms with van der Waals surface area (Å²) in [4.78, 5) is 28.1. The smallest absolute Gasteiger partial charge is 0.336 e. The Morgan fingerprint density at radius 1 is 1.08 bits per heavy atom. The van der Waals surface area contributed by atoms with Gasteiger partial charge < -0.3 is 5.11 Å². The van der Waals surface area contributed by atoms with E-state index in [0.717, 1.165) is 16.7 Å². The van der Waals surface area contributed by atoms with Gasteiger partial charge in [-0.1, -0.05) is 17.2 Å². The molecule has 25 heavy (non-hydrogen) atoms. The fourth-order valence-corrected chi connectivity index (χ4v) is 2.55. The van der Waals surface area contributed by atoms with Crippen molar-refractivity contribution < 1.29 is 9.90 Å². The number of rotatable bonds is 4. The number of hydrogen-bond donors (Lipinski definition) is 1. The lowest BCUT2D eigenvalue weighted by Gasteiger charge is -2.05. The van der Waals surface area contributed by atoms with Crippen LogP contribution in [0.15, 0.2) is 49.2 Å². The highest BCUT2D eigenvalue weighted by Crippen LogP contribution is 2.21. The van der Waals surface area contributed by atoms with Gasteiger partial charge in [-0.3, -0.25) is 0 Å². The highest BCUT2D eigenvalue weighted by atomic mass is 16.4. The first kappa shape index (κ1) is 16.4. The average molecular weight is 332 g/mol. The lowest BCUT2D eigenvalue weighted by atomic mass is 10.1. The molecule has 0 spiro atoms. The Labute approximate surface area is 145 Å². The number of aliphatic carboxylic acids is 1. The summed E-state index contributed by atoms with van der Waals surface area (Å²) < 4.78 is 0. The zero-order valence-corrected chi connectivity index (χ0v) is 13.8. The molecule has 3 rings (SSSR count). The molecule has 124 valence electrons. The van der Waals surface area contributed by atoms with Gasteiger partial charge in [0.15, 0.2) is 5.82 Å². The predicted molar refractivity (Wildman–Crippen MR) is 94.5 cm³/mol. The van der Waals surface area contributed by atoms with Gasteiger partial charge in [0.1, 0.15) is 6.33 Å². The van der Waals surface area contributed by atoms with Crippen LogP contribution in [0.25, 0.3) is 23.0 Å². The molecule has 0 atom stereocenters. The van der Waals surface area contributed by atoms with Crippen molar-refractivity contribution in [2.24, 2.45) is 0 Å². The minimum atomic E-state index is -1.07. The summed E-state index contributed by atoms with van der Waals surface area (Å²) in [5, 5.41) is 9.48. The first-order valence-electron chi connectivity index (χ1n) is 7.65. The second-order valence-electron chi connectivity index (χ2n) is 5.67. The van der Waals surface area contributed by atoms with Crippen LogP contribution in [0.1, 0.15) is 22.4 Å². The molecule has 0 saturated heterocycles. The minimum absolute atomic E-state index is 0.0747. The summed E-state index contributed by atoms with van der Waals surface area (Å²) in [5.74, 6) is -0.518. The summed E-state index contributed by atoms with van der Waals surface area (Å²) >= 11 is 0. The van der Waals surface area contributed by atoms with Crippen molar-refractivity contribution in [3.05, 3.63) is 71.6 Å². The molecule has 2 heterocycles. The van der Waals surface area contributed by atoms with Gasteiger partial charge in [-0.15, -0.1) is 0 Å². The first-order valence-corrected chi connectivity index (χ1v) is 7.65. The number of aryl methyl sites for hydroxylation is 2. The summed E-state index contributed by atoms with van der Waals surface area (Å²) in [5.41, 5.74) is 4.13. The largest absolute Gasteiger partial charge is 0.478 e. The number of carbonyl (C=O) groups is 1. The van der Waals surface area contributed by atoms with Crippen LogP contribution in [-0.2, 0) is 4.79 Å². The third-order valence-electron chi connectivity index (χ3n) is 3.55. The van der Waals surface area contributed by atoms with E-state index in [0.29, 0.717) is 17.1 Å². The van der Waals surface area contributed by atoms with Crippen LogP contribution >= 0.6 is 0 Å². The molecule has 0 aliphatic heterocycles. The molecule has 0 unspecified atom stereocenters. The van der Waals surface area contributed by atoms with E-state index in [2.05, 4.69) is 26.0 Å². The Morgan fingerprint density at radius 2 is 1.76 bits per heavy atom. The van der Waals surface area contributed by atoms with E-state index in [4.69, 9.17) is 0 Å². The Balaban J connectivity index is 2.05. The van der Waals surface area contributed by atoms with E-state index in [1.807, 2.05) is 26.0 Å². The Hall–Kier alpha value is -3.41. The van der Waals surface area contributed by atoms with Crippen LogP contribution in [0.4, 0.5) is 0 Å². The maximum absolute atomic E-state index is 11.6. The molecule has 6 heteroatoms. The van der Waals surface area contributed by atoms with E-state index >= 15 is 0 Å². The highest BCUT2D eigenvalue weighted by molar-refractivity contribution is 6.20. The Kier molecular flexibility index (Phi) is 4.61. The van der Waals surface area contributed by atoms with Crippen LogP contribution < -0.4 is 0 Å². The van der Waals surface area contributed by atoms with Crippen LogP contribution in [0.5, 0.6) is 0 Å². The van der Waals surface area contributed by atoms with E-state index in [9.17, 15) is 9.90 Å². The van der Waals surface area contributed by atoms with E-state index in [1.165, 1.54) is 24.8 Å². The van der Waals surface area contributed by atoms with Crippen molar-refractivity contribution in [3.63, 3.8) is 0 Å². The summed E-state index contributed by atoms with van der Waals surface area (Å²) in [6.07, 6.45) is 7.38. The monoisotopic (exact) mass is 332 g/mol. The molecule has 0 aliphatic rings. The van der Waals surface area contributed by atoms with Crippen LogP contribution in [0, 0.1) is 13.8 Å². The van der Waals surface area contributed by atoms with E-state index in [-0.39, 0.29) is 5.57 Å². The molecule has 0 radical (unpaired) electrons. The van der Waals surface area contributed by atoms with Crippen molar-refractivity contribution in [1.29, 1.82) is 0 Å². The molecular formula is C19H16N4O2. The first-order chi connectivity index (χ1) is 12.0. The number of aromatic nitrogens is 4. The van der Waals surface area contributed by atoms with Crippen LogP contribution in [-0.4, -0.2) is 31.0 Å². The van der Waals surface area contributed by atoms with Crippen molar-refractivity contribution in [3.8, 4) is 11.4 Å². The van der Waals surface area contributed by atoms with E-state index < -0.39 is 5.97 Å². The molecule has 6 nitrogen and oxygen atoms in total. The molecule has 0 bridgehead atoms. The SMILES string of the molecule is Cc1cc(C)cc(-c2nccc(/C=C(/C(=O)O)c3cncnc3)n2)c1. The van der Waals surface area contributed by atoms with Gasteiger partial charge in [0.05, 0.1) is 11.3 Å². The van der Waals surface area contributed by atoms with Crippen molar-refractivity contribution in [1.82, 2.24) is 19.9 Å². The van der Waals surface area contributed by atoms with Gasteiger partial charge in [0.2, 0.25) is 0 Å². The Bertz CT molecular complexity index is 932. The maximum atomic E-state index is 11.6. The zero-order chi connectivity index (χ0) is 17.8. The number of carboxylic acids is 1. The quantitative estimate of drug-likeness (QED) is 0.738. The molecular weight excluding hydrogens is 316 g/mol. The molecule has 0 aliphatic carbocycles. The Morgan fingerprint density at radius 3 is 2.40 bits per heavy atom. The van der Waals surface area contributed by atoms with Gasteiger partial charge in [0, 0.05) is 29.7 Å². The van der Waals surface area contributed by atoms with Crippen LogP contribution in [0.3, 0.4) is 0 Å². The lowest BCUT2D eigenvalue weighted by molar-refractivity contribution is -0.130. The maximum Gasteiger partial charge on any atom is 0.336 e. The standard InChI is InChI=1S/C19H16N4O2/c1-12-5-13(2)7-14(6-12)18-22-4-3-16(23-18)8-17(19(24)25)15-9-20-11-21-10-15/h3-11H,1-2H3,(H,24,25)/b17-8+. The van der Waals surface area contributed by atoms with Gasteiger partial charge in [-0.2, -0.15) is 0 Å². The molecule has 2 aromatic heterocycles. The average Bonchev–Trinajstić information content (AvgIpc) is 2.59. The van der Waals surface area contributed by atoms with Crippen molar-refractivity contribution >= 4 is 17.6 Å². The summed E-state index contributed by atoms with van der Waals surface area (Å²) in [7, 11) is 0. The predicted octanol–water partition coefficient (Wildman–Crippen LogP) is 3.18. The fourth-order valence-electron chi connectivity index (χ4n) is 2.55. The molecule has 0 fully saturated rings. The molecule has 3 aromatic rings. The minimum Gasteiger partial charge on any atom is -0.478 e. The van der Waals surface area contributed by atoms with Gasteiger partial charge in [-0.05, 0) is 38.1 Å². The topological polar surface area (TPSA) is 88.9 Å². The number of carboxylic acid groups (broad SMARTS) is 1. The summed E-state index contributed by atoms with van der Waals surface area (Å²) in [6.45, 7) is 4.02. The molecule has 0 saturated carbocycles. The summed E-state index contributed by atoms with van der Waals surface area (Å²) in [6, 6.07) is 7.74. The van der Waals surface area contributed by atoms with Crippen molar-refractivity contribution in [2.45, 2.75) is 13.8 Å². The second-order valence-corrected chi connectivity index (χ2v) is 5.67. The van der Waals surface area contributed by atoms with Gasteiger partial charge in [-0.25, -0.2) is 24.7 Å². The third kappa shape index (κ3) is 3.92. The van der Waals surface area contributed by atoms with Gasteiger partial charge >= 0.3 is 5.97 Å². The normalized spacial score (nSPS) is 11.4. The van der Waals surface area contributed by atoms with Gasteiger partial charge in [0.25, 0.3) is 0 Å². The number of benzene rings is 1. The zero-order valence-electron chi connectivity index (χ0n) is 13.8. The number of hydrogen-bond acceptors (Lipinski definition) is 5. The third-order valence-corrected chi connectivity index (χ3v) is 3.55. The van der Waals surface area contributed by atoms with Crippen molar-refractivity contribution in [2.75, 3.05) is 0 Å². The van der Waals surface area contributed by atoms with E-state index in [1.54, 1.807) is 12.3 Å². The number of nitrogens with zero attached hydrogens (tertiary/aromatic N) is 4. The fraction of sp³-hybridized carbons (Fsp3) is 0.105. The highest BCUT2D eigenvalue weighted by Gasteiger charge is 2.12. The molecule has 0 amide bonds. The van der Waals surface area contributed by atoms with Crippen LogP contribution in [0.2, 0.25) is 0 Å². The second kappa shape index (κ2) is 7.00. The molecule has 1 aromatic carbocycles.